The maximum atomic E-state index is 12.0. The molecule has 0 aliphatic rings. The first-order valence-corrected chi connectivity index (χ1v) is 8.54. The number of amides is 1. The second kappa shape index (κ2) is 8.64. The number of aryl methyl sites for hydroxylation is 2. The van der Waals surface area contributed by atoms with E-state index in [9.17, 15) is 19.7 Å². The van der Waals surface area contributed by atoms with Crippen LogP contribution in [0.15, 0.2) is 36.4 Å². The molecule has 8 heteroatoms. The Hall–Kier alpha value is -2.93. The fourth-order valence-electron chi connectivity index (χ4n) is 2.39. The van der Waals surface area contributed by atoms with Crippen molar-refractivity contribution in [2.45, 2.75) is 26.8 Å². The highest BCUT2D eigenvalue weighted by Crippen LogP contribution is 2.23. The summed E-state index contributed by atoms with van der Waals surface area (Å²) in [6.07, 6.45) is 0. The third-order valence-electron chi connectivity index (χ3n) is 4.13. The van der Waals surface area contributed by atoms with Crippen molar-refractivity contribution in [1.29, 1.82) is 0 Å². The number of halogens is 1. The van der Waals surface area contributed by atoms with Crippen LogP contribution >= 0.6 is 11.6 Å². The van der Waals surface area contributed by atoms with E-state index in [1.165, 1.54) is 6.07 Å². The van der Waals surface area contributed by atoms with Gasteiger partial charge in [-0.15, -0.1) is 0 Å². The highest BCUT2D eigenvalue weighted by Gasteiger charge is 2.18. The van der Waals surface area contributed by atoms with Crippen LogP contribution in [0.2, 0.25) is 5.02 Å². The van der Waals surface area contributed by atoms with E-state index in [0.29, 0.717) is 0 Å². The summed E-state index contributed by atoms with van der Waals surface area (Å²) in [7, 11) is 0. The topological polar surface area (TPSA) is 98.5 Å². The van der Waals surface area contributed by atoms with Crippen molar-refractivity contribution in [2.75, 3.05) is 6.61 Å². The van der Waals surface area contributed by atoms with Crippen molar-refractivity contribution < 1.29 is 19.2 Å². The van der Waals surface area contributed by atoms with Gasteiger partial charge < -0.3 is 10.1 Å². The average molecular weight is 391 g/mol. The van der Waals surface area contributed by atoms with Crippen LogP contribution in [-0.2, 0) is 9.53 Å². The van der Waals surface area contributed by atoms with Crippen LogP contribution in [-0.4, -0.2) is 23.4 Å². The van der Waals surface area contributed by atoms with E-state index in [1.807, 2.05) is 39.0 Å². The van der Waals surface area contributed by atoms with Gasteiger partial charge in [-0.2, -0.15) is 0 Å². The molecule has 0 radical (unpaired) electrons. The van der Waals surface area contributed by atoms with Crippen LogP contribution < -0.4 is 5.32 Å². The van der Waals surface area contributed by atoms with Crippen molar-refractivity contribution >= 4 is 29.2 Å². The molecule has 0 spiro atoms. The number of nitro benzene ring substituents is 1. The number of esters is 1. The summed E-state index contributed by atoms with van der Waals surface area (Å²) >= 11 is 5.87. The fourth-order valence-corrected chi connectivity index (χ4v) is 2.64. The molecule has 1 N–H and O–H groups in total. The first-order valence-electron chi connectivity index (χ1n) is 8.16. The minimum atomic E-state index is -0.830. The van der Waals surface area contributed by atoms with Crippen LogP contribution in [0.3, 0.4) is 0 Å². The summed E-state index contributed by atoms with van der Waals surface area (Å²) in [6.45, 7) is 5.34. The number of nitro groups is 1. The number of benzene rings is 2. The molecule has 0 fully saturated rings. The molecule has 0 aromatic heterocycles. The zero-order valence-electron chi connectivity index (χ0n) is 15.1. The van der Waals surface area contributed by atoms with Crippen molar-refractivity contribution in [3.05, 3.63) is 73.8 Å². The molecule has 7 nitrogen and oxygen atoms in total. The second-order valence-electron chi connectivity index (χ2n) is 6.13. The Morgan fingerprint density at radius 3 is 2.48 bits per heavy atom. The first-order chi connectivity index (χ1) is 12.7. The van der Waals surface area contributed by atoms with Crippen molar-refractivity contribution in [1.82, 2.24) is 5.32 Å². The highest BCUT2D eigenvalue weighted by atomic mass is 35.5. The molecule has 27 heavy (non-hydrogen) atoms. The Bertz CT molecular complexity index is 898. The molecule has 0 saturated carbocycles. The number of carbonyl (C=O) groups is 2. The predicted molar refractivity (Wildman–Crippen MR) is 101 cm³/mol. The van der Waals surface area contributed by atoms with Gasteiger partial charge in [0.05, 0.1) is 21.6 Å². The smallest absolute Gasteiger partial charge is 0.340 e. The largest absolute Gasteiger partial charge is 0.452 e. The van der Waals surface area contributed by atoms with Gasteiger partial charge >= 0.3 is 5.97 Å². The Morgan fingerprint density at radius 2 is 1.89 bits per heavy atom. The number of hydrogen-bond acceptors (Lipinski definition) is 5. The van der Waals surface area contributed by atoms with Gasteiger partial charge in [0.1, 0.15) is 0 Å². The quantitative estimate of drug-likeness (QED) is 0.458. The van der Waals surface area contributed by atoms with Gasteiger partial charge in [0.25, 0.3) is 11.6 Å². The minimum absolute atomic E-state index is 0.0442. The van der Waals surface area contributed by atoms with Gasteiger partial charge in [-0.25, -0.2) is 4.79 Å². The molecular weight excluding hydrogens is 372 g/mol. The lowest BCUT2D eigenvalue weighted by Gasteiger charge is -2.16. The zero-order chi connectivity index (χ0) is 20.1. The van der Waals surface area contributed by atoms with Crippen LogP contribution in [0.1, 0.15) is 40.0 Å². The number of ether oxygens (including phenoxy) is 1. The third-order valence-corrected chi connectivity index (χ3v) is 4.44. The maximum Gasteiger partial charge on any atom is 0.340 e. The molecule has 0 saturated heterocycles. The molecule has 2 aromatic rings. The van der Waals surface area contributed by atoms with E-state index in [1.54, 1.807) is 0 Å². The monoisotopic (exact) mass is 390 g/mol. The van der Waals surface area contributed by atoms with E-state index in [0.717, 1.165) is 28.8 Å². The number of non-ortho nitro benzene ring substituents is 1. The van der Waals surface area contributed by atoms with Gasteiger partial charge in [-0.05, 0) is 43.5 Å². The highest BCUT2D eigenvalue weighted by molar-refractivity contribution is 6.33. The van der Waals surface area contributed by atoms with Crippen LogP contribution in [0.4, 0.5) is 5.69 Å². The van der Waals surface area contributed by atoms with Crippen LogP contribution in [0.25, 0.3) is 0 Å². The van der Waals surface area contributed by atoms with E-state index in [4.69, 9.17) is 16.3 Å². The van der Waals surface area contributed by atoms with Gasteiger partial charge in [-0.3, -0.25) is 14.9 Å². The molecule has 0 unspecified atom stereocenters. The summed E-state index contributed by atoms with van der Waals surface area (Å²) in [6, 6.07) is 9.03. The summed E-state index contributed by atoms with van der Waals surface area (Å²) < 4.78 is 4.95. The lowest BCUT2D eigenvalue weighted by atomic mass is 10.0. The van der Waals surface area contributed by atoms with Crippen molar-refractivity contribution in [3.8, 4) is 0 Å². The lowest BCUT2D eigenvalue weighted by Crippen LogP contribution is -2.31. The first kappa shape index (κ1) is 20.4. The average Bonchev–Trinajstić information content (AvgIpc) is 2.61. The number of hydrogen-bond donors (Lipinski definition) is 1. The minimum Gasteiger partial charge on any atom is -0.452 e. The Balaban J connectivity index is 1.93. The summed E-state index contributed by atoms with van der Waals surface area (Å²) in [4.78, 5) is 34.1. The molecule has 0 aliphatic carbocycles. The molecule has 1 atom stereocenters. The fraction of sp³-hybridized carbons (Fsp3) is 0.263. The third kappa shape index (κ3) is 5.27. The van der Waals surface area contributed by atoms with E-state index < -0.39 is 23.4 Å². The number of rotatable bonds is 6. The Kier molecular flexibility index (Phi) is 6.52. The van der Waals surface area contributed by atoms with Gasteiger partial charge in [-0.1, -0.05) is 29.8 Å². The van der Waals surface area contributed by atoms with E-state index in [-0.39, 0.29) is 22.3 Å². The molecular formula is C19H19ClN2O5. The summed E-state index contributed by atoms with van der Waals surface area (Å²) in [5.74, 6) is -1.30. The lowest BCUT2D eigenvalue weighted by molar-refractivity contribution is -0.384. The molecule has 0 aliphatic heterocycles. The Morgan fingerprint density at radius 1 is 1.19 bits per heavy atom. The van der Waals surface area contributed by atoms with Crippen molar-refractivity contribution in [2.24, 2.45) is 0 Å². The van der Waals surface area contributed by atoms with Crippen LogP contribution in [0, 0.1) is 24.0 Å². The molecule has 142 valence electrons. The van der Waals surface area contributed by atoms with Crippen molar-refractivity contribution in [3.63, 3.8) is 0 Å². The standard InChI is InChI=1S/C19H19ClN2O5/c1-11-4-5-14(8-12(11)2)13(3)21-18(23)10-27-19(24)16-7-6-15(22(25)26)9-17(16)20/h4-9,13H,10H2,1-3H3,(H,21,23)/t13-/m1/s1. The normalized spacial score (nSPS) is 11.6. The SMILES string of the molecule is Cc1ccc([C@@H](C)NC(=O)COC(=O)c2ccc([N+](=O)[O-])cc2Cl)cc1C. The van der Waals surface area contributed by atoms with Gasteiger partial charge in [0, 0.05) is 12.1 Å². The van der Waals surface area contributed by atoms with Gasteiger partial charge in [0.2, 0.25) is 0 Å². The molecule has 2 aromatic carbocycles. The number of carbonyl (C=O) groups excluding carboxylic acids is 2. The molecule has 2 rings (SSSR count). The molecule has 0 heterocycles. The summed E-state index contributed by atoms with van der Waals surface area (Å²) in [5.41, 5.74) is 2.93. The van der Waals surface area contributed by atoms with E-state index in [2.05, 4.69) is 5.32 Å². The maximum absolute atomic E-state index is 12.0. The van der Waals surface area contributed by atoms with Gasteiger partial charge in [0.15, 0.2) is 6.61 Å². The number of nitrogens with one attached hydrogen (secondary N) is 1. The summed E-state index contributed by atoms with van der Waals surface area (Å²) in [5, 5.41) is 13.3. The Labute approximate surface area is 161 Å². The zero-order valence-corrected chi connectivity index (χ0v) is 15.9. The predicted octanol–water partition coefficient (Wildman–Crippen LogP) is 3.90. The molecule has 1 amide bonds. The van der Waals surface area contributed by atoms with Crippen LogP contribution in [0.5, 0.6) is 0 Å². The van der Waals surface area contributed by atoms with E-state index >= 15 is 0 Å². The molecule has 0 bridgehead atoms. The second-order valence-corrected chi connectivity index (χ2v) is 6.54. The number of nitrogens with zero attached hydrogens (tertiary/aromatic N) is 1.